The maximum atomic E-state index is 13.9. The summed E-state index contributed by atoms with van der Waals surface area (Å²) < 4.78 is 35.5. The van der Waals surface area contributed by atoms with E-state index in [1.165, 1.54) is 18.2 Å². The Morgan fingerprint density at radius 3 is 2.55 bits per heavy atom. The van der Waals surface area contributed by atoms with Crippen molar-refractivity contribution in [3.63, 3.8) is 0 Å². The molecule has 0 aliphatic heterocycles. The monoisotopic (exact) mass is 390 g/mol. The van der Waals surface area contributed by atoms with Crippen molar-refractivity contribution >= 4 is 5.65 Å². The van der Waals surface area contributed by atoms with E-state index in [9.17, 15) is 8.78 Å². The zero-order chi connectivity index (χ0) is 20.5. The molecule has 0 fully saturated rings. The summed E-state index contributed by atoms with van der Waals surface area (Å²) in [6.45, 7) is 3.50. The fourth-order valence-corrected chi connectivity index (χ4v) is 3.23. The van der Waals surface area contributed by atoms with E-state index < -0.39 is 11.6 Å². The largest absolute Gasteiger partial charge is 0.485 e. The Bertz CT molecular complexity index is 1240. The van der Waals surface area contributed by atoms with Crippen LogP contribution in [0.5, 0.6) is 5.75 Å². The van der Waals surface area contributed by atoms with Crippen molar-refractivity contribution in [2.75, 3.05) is 0 Å². The summed E-state index contributed by atoms with van der Waals surface area (Å²) in [5, 5.41) is 8.95. The minimum absolute atomic E-state index is 0.132. The molecule has 3 aromatic heterocycles. The van der Waals surface area contributed by atoms with Gasteiger partial charge in [0, 0.05) is 18.0 Å². The average Bonchev–Trinajstić information content (AvgIpc) is 3.03. The number of fused-ring (bicyclic) bond motifs is 1. The first-order valence-corrected chi connectivity index (χ1v) is 8.89. The third-order valence-electron chi connectivity index (χ3n) is 4.58. The van der Waals surface area contributed by atoms with Gasteiger partial charge in [0.15, 0.2) is 11.4 Å². The number of ether oxygens (including phenoxy) is 1. The molecule has 0 aliphatic rings. The molecule has 7 heteroatoms. The van der Waals surface area contributed by atoms with Crippen LogP contribution in [0, 0.1) is 36.8 Å². The van der Waals surface area contributed by atoms with Gasteiger partial charge in [0.25, 0.3) is 0 Å². The lowest BCUT2D eigenvalue weighted by molar-refractivity contribution is 0.294. The first-order valence-electron chi connectivity index (χ1n) is 8.89. The highest BCUT2D eigenvalue weighted by Gasteiger charge is 2.17. The molecular formula is C22H16F2N4O. The number of imidazole rings is 1. The van der Waals surface area contributed by atoms with Crippen molar-refractivity contribution in [3.8, 4) is 23.1 Å². The molecule has 0 spiro atoms. The fraction of sp³-hybridized carbons (Fsp3) is 0.136. The van der Waals surface area contributed by atoms with Crippen molar-refractivity contribution in [1.29, 1.82) is 5.26 Å². The highest BCUT2D eigenvalue weighted by atomic mass is 19.1. The lowest BCUT2D eigenvalue weighted by Gasteiger charge is -2.11. The molecule has 0 bridgehead atoms. The molecule has 0 radical (unpaired) electrons. The van der Waals surface area contributed by atoms with Crippen molar-refractivity contribution in [3.05, 3.63) is 82.9 Å². The zero-order valence-electron chi connectivity index (χ0n) is 15.8. The number of hydrogen-bond acceptors (Lipinski definition) is 4. The smallest absolute Gasteiger partial charge is 0.180 e. The van der Waals surface area contributed by atoms with Gasteiger partial charge in [0.2, 0.25) is 0 Å². The Kier molecular flexibility index (Phi) is 4.69. The Labute approximate surface area is 165 Å². The summed E-state index contributed by atoms with van der Waals surface area (Å²) in [6.07, 6.45) is 3.52. The number of halogens is 2. The van der Waals surface area contributed by atoms with E-state index in [2.05, 4.69) is 9.97 Å². The first kappa shape index (κ1) is 18.6. The highest BCUT2D eigenvalue weighted by molar-refractivity contribution is 5.70. The zero-order valence-corrected chi connectivity index (χ0v) is 15.8. The molecule has 0 unspecified atom stereocenters. The predicted octanol–water partition coefficient (Wildman–Crippen LogP) is 4.74. The molecule has 144 valence electrons. The highest BCUT2D eigenvalue weighted by Crippen LogP contribution is 2.30. The fourth-order valence-electron chi connectivity index (χ4n) is 3.23. The summed E-state index contributed by atoms with van der Waals surface area (Å²) in [7, 11) is 0. The van der Waals surface area contributed by atoms with Crippen LogP contribution in [0.2, 0.25) is 0 Å². The molecule has 0 amide bonds. The van der Waals surface area contributed by atoms with Gasteiger partial charge >= 0.3 is 0 Å². The number of nitrogens with zero attached hydrogens (tertiary/aromatic N) is 4. The van der Waals surface area contributed by atoms with Gasteiger partial charge in [0.1, 0.15) is 30.0 Å². The van der Waals surface area contributed by atoms with E-state index in [4.69, 9.17) is 10.00 Å². The summed E-state index contributed by atoms with van der Waals surface area (Å²) in [4.78, 5) is 8.71. The average molecular weight is 390 g/mol. The molecule has 0 saturated heterocycles. The maximum absolute atomic E-state index is 13.9. The number of aryl methyl sites for hydroxylation is 2. The molecule has 4 aromatic rings. The maximum Gasteiger partial charge on any atom is 0.180 e. The quantitative estimate of drug-likeness (QED) is 0.505. The van der Waals surface area contributed by atoms with Crippen LogP contribution in [0.3, 0.4) is 0 Å². The lowest BCUT2D eigenvalue weighted by Crippen LogP contribution is -2.03. The second-order valence-corrected chi connectivity index (χ2v) is 6.65. The van der Waals surface area contributed by atoms with Crippen molar-refractivity contribution in [2.45, 2.75) is 20.5 Å². The van der Waals surface area contributed by atoms with Crippen LogP contribution in [-0.2, 0) is 6.61 Å². The molecule has 5 nitrogen and oxygen atoms in total. The van der Waals surface area contributed by atoms with Crippen LogP contribution in [0.1, 0.15) is 22.5 Å². The van der Waals surface area contributed by atoms with Crippen molar-refractivity contribution < 1.29 is 13.5 Å². The number of hydrogen-bond donors (Lipinski definition) is 0. The number of nitriles is 1. The predicted molar refractivity (Wildman–Crippen MR) is 103 cm³/mol. The van der Waals surface area contributed by atoms with E-state index in [-0.39, 0.29) is 12.2 Å². The summed E-state index contributed by atoms with van der Waals surface area (Å²) in [6, 6.07) is 10.9. The molecule has 29 heavy (non-hydrogen) atoms. The van der Waals surface area contributed by atoms with Crippen LogP contribution in [0.25, 0.3) is 16.9 Å². The standard InChI is InChI=1S/C22H16F2N4O/c1-13-8-20(29-12-17-18(23)4-3-5-19(17)24)22-27-14(2)21(28(22)11-13)15-6-7-16(9-25)26-10-15/h3-8,10-11H,12H2,1-2H3. The molecule has 4 rings (SSSR count). The van der Waals surface area contributed by atoms with Crippen LogP contribution < -0.4 is 4.74 Å². The Balaban J connectivity index is 1.77. The van der Waals surface area contributed by atoms with E-state index >= 15 is 0 Å². The van der Waals surface area contributed by atoms with Gasteiger partial charge in [-0.25, -0.2) is 18.7 Å². The normalized spacial score (nSPS) is 10.9. The van der Waals surface area contributed by atoms with E-state index in [0.29, 0.717) is 17.1 Å². The number of pyridine rings is 2. The minimum atomic E-state index is -0.655. The van der Waals surface area contributed by atoms with Gasteiger partial charge in [-0.15, -0.1) is 0 Å². The van der Waals surface area contributed by atoms with Crippen LogP contribution in [0.15, 0.2) is 48.8 Å². The van der Waals surface area contributed by atoms with Crippen molar-refractivity contribution in [2.24, 2.45) is 0 Å². The molecular weight excluding hydrogens is 374 g/mol. The van der Waals surface area contributed by atoms with E-state index in [1.807, 2.05) is 30.5 Å². The molecule has 0 atom stereocenters. The van der Waals surface area contributed by atoms with E-state index in [0.717, 1.165) is 22.5 Å². The van der Waals surface area contributed by atoms with Gasteiger partial charge in [-0.2, -0.15) is 5.26 Å². The van der Waals surface area contributed by atoms with Crippen LogP contribution in [-0.4, -0.2) is 14.4 Å². The lowest BCUT2D eigenvalue weighted by atomic mass is 10.1. The van der Waals surface area contributed by atoms with Gasteiger partial charge in [-0.3, -0.25) is 4.40 Å². The Morgan fingerprint density at radius 1 is 1.14 bits per heavy atom. The molecule has 0 saturated carbocycles. The Hall–Kier alpha value is -3.79. The molecule has 3 heterocycles. The number of benzene rings is 1. The van der Waals surface area contributed by atoms with Gasteiger partial charge < -0.3 is 4.74 Å². The molecule has 0 aliphatic carbocycles. The Morgan fingerprint density at radius 2 is 1.90 bits per heavy atom. The third-order valence-corrected chi connectivity index (χ3v) is 4.58. The second-order valence-electron chi connectivity index (χ2n) is 6.65. The molecule has 1 aromatic carbocycles. The summed E-state index contributed by atoms with van der Waals surface area (Å²) in [5.74, 6) is -0.890. The van der Waals surface area contributed by atoms with Gasteiger partial charge in [-0.05, 0) is 49.7 Å². The number of rotatable bonds is 4. The second kappa shape index (κ2) is 7.32. The van der Waals surface area contributed by atoms with Crippen LogP contribution >= 0.6 is 0 Å². The summed E-state index contributed by atoms with van der Waals surface area (Å²) in [5.41, 5.74) is 3.96. The minimum Gasteiger partial charge on any atom is -0.485 e. The van der Waals surface area contributed by atoms with Crippen LogP contribution in [0.4, 0.5) is 8.78 Å². The number of aromatic nitrogens is 3. The van der Waals surface area contributed by atoms with Gasteiger partial charge in [0.05, 0.1) is 17.0 Å². The van der Waals surface area contributed by atoms with Crippen molar-refractivity contribution in [1.82, 2.24) is 14.4 Å². The molecule has 0 N–H and O–H groups in total. The SMILES string of the molecule is Cc1cc(OCc2c(F)cccc2F)c2nc(C)c(-c3ccc(C#N)nc3)n2c1. The summed E-state index contributed by atoms with van der Waals surface area (Å²) >= 11 is 0. The van der Waals surface area contributed by atoms with E-state index in [1.54, 1.807) is 24.4 Å². The topological polar surface area (TPSA) is 63.2 Å². The third kappa shape index (κ3) is 3.41. The van der Waals surface area contributed by atoms with Gasteiger partial charge in [-0.1, -0.05) is 6.07 Å². The first-order chi connectivity index (χ1) is 14.0.